The third-order valence-corrected chi connectivity index (χ3v) is 3.55. The lowest BCUT2D eigenvalue weighted by molar-refractivity contribution is 0.503. The fourth-order valence-electron chi connectivity index (χ4n) is 2.23. The van der Waals surface area contributed by atoms with Gasteiger partial charge in [0.1, 0.15) is 4.99 Å². The number of benzene rings is 2. The van der Waals surface area contributed by atoms with Gasteiger partial charge in [0.25, 0.3) is 0 Å². The van der Waals surface area contributed by atoms with Crippen LogP contribution in [0, 0.1) is 11.2 Å². The van der Waals surface area contributed by atoms with Crippen molar-refractivity contribution in [2.45, 2.75) is 0 Å². The summed E-state index contributed by atoms with van der Waals surface area (Å²) in [6.45, 7) is 0. The second kappa shape index (κ2) is 5.23. The zero-order valence-electron chi connectivity index (χ0n) is 11.4. The summed E-state index contributed by atoms with van der Waals surface area (Å²) in [5, 5.41) is 8.20. The summed E-state index contributed by atoms with van der Waals surface area (Å²) >= 11 is 4.88. The van der Waals surface area contributed by atoms with Crippen LogP contribution in [0.5, 0.6) is 0 Å². The summed E-state index contributed by atoms with van der Waals surface area (Å²) < 4.78 is 19.5. The van der Waals surface area contributed by atoms with Gasteiger partial charge in [-0.2, -0.15) is 0 Å². The normalized spacial score (nSPS) is 10.8. The van der Waals surface area contributed by atoms with Crippen LogP contribution in [0.1, 0.15) is 5.56 Å². The molecule has 0 fully saturated rings. The fourth-order valence-corrected chi connectivity index (χ4v) is 2.38. The Balaban J connectivity index is 2.26. The topological polar surface area (TPSA) is 89.0 Å². The number of hydrogen-bond acceptors (Lipinski definition) is 4. The van der Waals surface area contributed by atoms with E-state index in [1.54, 1.807) is 36.4 Å². The van der Waals surface area contributed by atoms with Crippen LogP contribution in [0.25, 0.3) is 22.1 Å². The molecule has 0 spiro atoms. The Morgan fingerprint density at radius 3 is 2.41 bits per heavy atom. The summed E-state index contributed by atoms with van der Waals surface area (Å²) in [6, 6.07) is 11.8. The molecule has 0 aliphatic heterocycles. The largest absolute Gasteiger partial charge is 0.435 e. The van der Waals surface area contributed by atoms with Crippen molar-refractivity contribution in [3.05, 3.63) is 59.4 Å². The number of nitrogen functional groups attached to an aromatic ring is 1. The minimum Gasteiger partial charge on any atom is -0.435 e. The van der Waals surface area contributed by atoms with Crippen LogP contribution in [0.4, 0.5) is 10.1 Å². The van der Waals surface area contributed by atoms with Crippen molar-refractivity contribution >= 4 is 33.9 Å². The van der Waals surface area contributed by atoms with Crippen molar-refractivity contribution in [3.63, 3.8) is 0 Å². The molecule has 5 N–H and O–H groups in total. The zero-order valence-corrected chi connectivity index (χ0v) is 12.2. The first-order chi connectivity index (χ1) is 10.5. The average Bonchev–Trinajstić information content (AvgIpc) is 2.48. The van der Waals surface area contributed by atoms with E-state index in [4.69, 9.17) is 33.5 Å². The molecule has 3 rings (SSSR count). The predicted molar refractivity (Wildman–Crippen MR) is 87.8 cm³/mol. The third-order valence-electron chi connectivity index (χ3n) is 3.33. The molecule has 110 valence electrons. The molecule has 0 unspecified atom stereocenters. The summed E-state index contributed by atoms with van der Waals surface area (Å²) in [7, 11) is 0. The Labute approximate surface area is 130 Å². The van der Waals surface area contributed by atoms with Gasteiger partial charge < -0.3 is 15.9 Å². The second-order valence-electron chi connectivity index (χ2n) is 4.85. The number of hydrogen-bond donors (Lipinski definition) is 3. The average molecular weight is 313 g/mol. The molecule has 0 saturated heterocycles. The number of fused-ring (bicyclic) bond motifs is 1. The third kappa shape index (κ3) is 2.44. The molecule has 6 heteroatoms. The first-order valence-electron chi connectivity index (χ1n) is 6.43. The Morgan fingerprint density at radius 2 is 1.77 bits per heavy atom. The lowest BCUT2D eigenvalue weighted by Gasteiger charge is -2.07. The maximum atomic E-state index is 14.3. The molecular weight excluding hydrogens is 301 g/mol. The smallest absolute Gasteiger partial charge is 0.222 e. The number of thiocarbonyl (C=S) groups is 1. The Kier molecular flexibility index (Phi) is 3.38. The van der Waals surface area contributed by atoms with Gasteiger partial charge in [-0.05, 0) is 41.5 Å². The molecule has 0 aliphatic carbocycles. The first kappa shape index (κ1) is 14.2. The minimum atomic E-state index is -0.549. The van der Waals surface area contributed by atoms with Crippen LogP contribution in [-0.4, -0.2) is 4.99 Å². The number of rotatable bonds is 2. The zero-order chi connectivity index (χ0) is 15.9. The van der Waals surface area contributed by atoms with Crippen molar-refractivity contribution in [2.75, 3.05) is 5.73 Å². The van der Waals surface area contributed by atoms with Crippen LogP contribution < -0.4 is 17.0 Å². The molecular formula is C16H12FN3OS. The van der Waals surface area contributed by atoms with Gasteiger partial charge in [0.05, 0.1) is 5.56 Å². The van der Waals surface area contributed by atoms with E-state index in [2.05, 4.69) is 0 Å². The van der Waals surface area contributed by atoms with E-state index in [1.807, 2.05) is 0 Å². The molecule has 22 heavy (non-hydrogen) atoms. The van der Waals surface area contributed by atoms with E-state index in [0.29, 0.717) is 16.6 Å². The number of nitrogens with two attached hydrogens (primary N) is 2. The van der Waals surface area contributed by atoms with Crippen LogP contribution >= 0.6 is 12.2 Å². The Hall–Kier alpha value is -2.73. The van der Waals surface area contributed by atoms with Crippen molar-refractivity contribution in [1.82, 2.24) is 0 Å². The molecule has 0 bridgehead atoms. The first-order valence-corrected chi connectivity index (χ1v) is 6.84. The molecule has 0 saturated carbocycles. The summed E-state index contributed by atoms with van der Waals surface area (Å²) in [5.41, 5.74) is 13.4. The van der Waals surface area contributed by atoms with Gasteiger partial charge in [0.15, 0.2) is 11.4 Å². The molecule has 1 aromatic heterocycles. The highest BCUT2D eigenvalue weighted by atomic mass is 32.1. The quantitative estimate of drug-likeness (QED) is 0.501. The van der Waals surface area contributed by atoms with Gasteiger partial charge in [-0.3, -0.25) is 5.41 Å². The summed E-state index contributed by atoms with van der Waals surface area (Å²) in [6.07, 6.45) is 0. The highest BCUT2D eigenvalue weighted by Crippen LogP contribution is 2.27. The molecule has 0 radical (unpaired) electrons. The summed E-state index contributed by atoms with van der Waals surface area (Å²) in [4.78, 5) is 0.0361. The van der Waals surface area contributed by atoms with E-state index < -0.39 is 5.82 Å². The molecule has 2 aromatic carbocycles. The van der Waals surface area contributed by atoms with Crippen LogP contribution in [0.3, 0.4) is 0 Å². The van der Waals surface area contributed by atoms with Gasteiger partial charge in [-0.25, -0.2) is 4.39 Å². The lowest BCUT2D eigenvalue weighted by Crippen LogP contribution is -2.19. The molecule has 0 aliphatic rings. The molecule has 4 nitrogen and oxygen atoms in total. The molecule has 0 amide bonds. The lowest BCUT2D eigenvalue weighted by atomic mass is 10.0. The van der Waals surface area contributed by atoms with E-state index in [-0.39, 0.29) is 21.7 Å². The highest BCUT2D eigenvalue weighted by molar-refractivity contribution is 7.80. The van der Waals surface area contributed by atoms with E-state index in [0.717, 1.165) is 5.56 Å². The van der Waals surface area contributed by atoms with E-state index in [9.17, 15) is 4.39 Å². The monoisotopic (exact) mass is 313 g/mol. The van der Waals surface area contributed by atoms with E-state index in [1.165, 1.54) is 6.07 Å². The molecule has 1 heterocycles. The van der Waals surface area contributed by atoms with E-state index >= 15 is 0 Å². The number of anilines is 1. The highest BCUT2D eigenvalue weighted by Gasteiger charge is 2.11. The van der Waals surface area contributed by atoms with Gasteiger partial charge in [0.2, 0.25) is 5.55 Å². The van der Waals surface area contributed by atoms with Crippen LogP contribution in [0.2, 0.25) is 0 Å². The van der Waals surface area contributed by atoms with Crippen LogP contribution in [-0.2, 0) is 0 Å². The van der Waals surface area contributed by atoms with Gasteiger partial charge in [0, 0.05) is 11.1 Å². The van der Waals surface area contributed by atoms with Crippen molar-refractivity contribution in [1.29, 1.82) is 5.41 Å². The van der Waals surface area contributed by atoms with Gasteiger partial charge in [-0.15, -0.1) is 0 Å². The Bertz CT molecular complexity index is 948. The minimum absolute atomic E-state index is 0.00388. The Morgan fingerprint density at radius 1 is 1.09 bits per heavy atom. The van der Waals surface area contributed by atoms with Gasteiger partial charge >= 0.3 is 0 Å². The fraction of sp³-hybridized carbons (Fsp3) is 0. The summed E-state index contributed by atoms with van der Waals surface area (Å²) in [5.74, 6) is -0.549. The maximum absolute atomic E-state index is 14.3. The van der Waals surface area contributed by atoms with Crippen molar-refractivity contribution in [3.8, 4) is 11.1 Å². The molecule has 3 aromatic rings. The van der Waals surface area contributed by atoms with Crippen molar-refractivity contribution < 1.29 is 8.81 Å². The number of halogens is 1. The standard InChI is InChI=1S/C16H12FN3OS/c17-13-7-9(8-1-3-11(18)4-2-8)5-10-6-12(16(20)22)15(19)21-14(10)13/h1-7,19H,18H2,(H2,20,22). The van der Waals surface area contributed by atoms with Crippen molar-refractivity contribution in [2.24, 2.45) is 5.73 Å². The SMILES string of the molecule is N=c1oc2c(F)cc(-c3ccc(N)cc3)cc2cc1C(N)=S. The number of nitrogens with one attached hydrogen (secondary N) is 1. The molecule has 0 atom stereocenters. The second-order valence-corrected chi connectivity index (χ2v) is 5.29. The van der Waals surface area contributed by atoms with Gasteiger partial charge in [-0.1, -0.05) is 24.4 Å². The maximum Gasteiger partial charge on any atom is 0.222 e. The van der Waals surface area contributed by atoms with Crippen LogP contribution in [0.15, 0.2) is 46.9 Å². The predicted octanol–water partition coefficient (Wildman–Crippen LogP) is 2.93.